The Kier molecular flexibility index (Phi) is 5.45. The Bertz CT molecular complexity index is 1160. The van der Waals surface area contributed by atoms with Crippen LogP contribution in [0.25, 0.3) is 5.57 Å². The second kappa shape index (κ2) is 8.07. The summed E-state index contributed by atoms with van der Waals surface area (Å²) in [6, 6.07) is 5.99. The van der Waals surface area contributed by atoms with Crippen molar-refractivity contribution in [2.45, 2.75) is 38.8 Å². The van der Waals surface area contributed by atoms with Crippen LogP contribution in [-0.4, -0.2) is 44.0 Å². The van der Waals surface area contributed by atoms with Gasteiger partial charge in [0.2, 0.25) is 0 Å². The molecule has 0 amide bonds. The second-order valence-corrected chi connectivity index (χ2v) is 8.52. The molecular formula is C22H24FN5O3. The van der Waals surface area contributed by atoms with Gasteiger partial charge < -0.3 is 14.4 Å². The third-order valence-corrected chi connectivity index (χ3v) is 5.03. The first kappa shape index (κ1) is 20.9. The van der Waals surface area contributed by atoms with Crippen molar-refractivity contribution in [3.63, 3.8) is 0 Å². The molecule has 0 radical (unpaired) electrons. The number of aliphatic hydroxyl groups is 1. The van der Waals surface area contributed by atoms with Crippen molar-refractivity contribution in [2.75, 3.05) is 18.0 Å². The molecule has 1 aromatic carbocycles. The number of aliphatic hydroxyl groups excluding tert-OH is 1. The first-order chi connectivity index (χ1) is 14.7. The van der Waals surface area contributed by atoms with Gasteiger partial charge in [-0.05, 0) is 23.3 Å². The lowest BCUT2D eigenvalue weighted by Gasteiger charge is -2.31. The largest absolute Gasteiger partial charge is 0.443 e. The first-order valence-electron chi connectivity index (χ1n) is 9.99. The van der Waals surface area contributed by atoms with Gasteiger partial charge in [0.1, 0.15) is 18.1 Å². The van der Waals surface area contributed by atoms with E-state index < -0.39 is 11.8 Å². The maximum absolute atomic E-state index is 13.1. The van der Waals surface area contributed by atoms with E-state index in [0.29, 0.717) is 24.0 Å². The van der Waals surface area contributed by atoms with Crippen LogP contribution in [0.2, 0.25) is 0 Å². The average molecular weight is 425 g/mol. The van der Waals surface area contributed by atoms with Gasteiger partial charge in [0.25, 0.3) is 0 Å². The normalized spacial score (nSPS) is 17.0. The molecule has 0 spiro atoms. The highest BCUT2D eigenvalue weighted by Gasteiger charge is 2.24. The van der Waals surface area contributed by atoms with Crippen LogP contribution in [-0.2, 0) is 12.0 Å². The molecule has 0 bridgehead atoms. The Morgan fingerprint density at radius 1 is 1.23 bits per heavy atom. The van der Waals surface area contributed by atoms with Crippen LogP contribution in [0.4, 0.5) is 10.2 Å². The highest BCUT2D eigenvalue weighted by Crippen LogP contribution is 2.25. The highest BCUT2D eigenvalue weighted by molar-refractivity contribution is 5.71. The molecule has 1 aliphatic rings. The zero-order chi connectivity index (χ0) is 22.2. The first-order valence-corrected chi connectivity index (χ1v) is 9.99. The van der Waals surface area contributed by atoms with E-state index in [1.807, 2.05) is 26.8 Å². The number of hydrogen-bond acceptors (Lipinski definition) is 7. The van der Waals surface area contributed by atoms with Gasteiger partial charge in [-0.25, -0.2) is 18.9 Å². The number of benzene rings is 1. The van der Waals surface area contributed by atoms with Gasteiger partial charge in [-0.1, -0.05) is 39.0 Å². The Hall–Kier alpha value is -3.33. The summed E-state index contributed by atoms with van der Waals surface area (Å²) in [6.45, 7) is 6.80. The van der Waals surface area contributed by atoms with Crippen molar-refractivity contribution >= 4 is 11.4 Å². The summed E-state index contributed by atoms with van der Waals surface area (Å²) in [6.07, 6.45) is 4.13. The summed E-state index contributed by atoms with van der Waals surface area (Å²) >= 11 is 0. The molecule has 0 fully saturated rings. The molecule has 3 heterocycles. The summed E-state index contributed by atoms with van der Waals surface area (Å²) in [7, 11) is 0. The Morgan fingerprint density at radius 3 is 2.58 bits per heavy atom. The molecule has 1 aliphatic heterocycles. The lowest BCUT2D eigenvalue weighted by Crippen LogP contribution is -2.39. The highest BCUT2D eigenvalue weighted by atomic mass is 19.1. The minimum atomic E-state index is -0.798. The van der Waals surface area contributed by atoms with E-state index in [2.05, 4.69) is 15.1 Å². The van der Waals surface area contributed by atoms with E-state index in [-0.39, 0.29) is 24.3 Å². The van der Waals surface area contributed by atoms with E-state index >= 15 is 0 Å². The summed E-state index contributed by atoms with van der Waals surface area (Å²) < 4.78 is 20.1. The van der Waals surface area contributed by atoms with Gasteiger partial charge in [0.05, 0.1) is 18.5 Å². The lowest BCUT2D eigenvalue weighted by atomic mass is 9.97. The number of aromatic nitrogens is 4. The minimum absolute atomic E-state index is 0.131. The molecular weight excluding hydrogens is 401 g/mol. The van der Waals surface area contributed by atoms with Crippen molar-refractivity contribution in [2.24, 2.45) is 0 Å². The fourth-order valence-corrected chi connectivity index (χ4v) is 3.36. The van der Waals surface area contributed by atoms with E-state index in [4.69, 9.17) is 4.42 Å². The molecule has 9 heteroatoms. The molecule has 31 heavy (non-hydrogen) atoms. The fraction of sp³-hybridized carbons (Fsp3) is 0.364. The van der Waals surface area contributed by atoms with Crippen LogP contribution in [0, 0.1) is 5.82 Å². The van der Waals surface area contributed by atoms with Crippen LogP contribution in [0.3, 0.4) is 0 Å². The fourth-order valence-electron chi connectivity index (χ4n) is 3.36. The third kappa shape index (κ3) is 4.56. The van der Waals surface area contributed by atoms with Crippen molar-refractivity contribution in [1.29, 1.82) is 0 Å². The smallest absolute Gasteiger partial charge is 0.366 e. The molecule has 0 aliphatic carbocycles. The van der Waals surface area contributed by atoms with Crippen LogP contribution in [0.5, 0.6) is 0 Å². The maximum Gasteiger partial charge on any atom is 0.366 e. The number of nitrogens with zero attached hydrogens (tertiary/aromatic N) is 5. The van der Waals surface area contributed by atoms with Crippen LogP contribution in [0.1, 0.15) is 38.0 Å². The quantitative estimate of drug-likeness (QED) is 0.685. The maximum atomic E-state index is 13.1. The Labute approximate surface area is 178 Å². The average Bonchev–Trinajstić information content (AvgIpc) is 3.19. The van der Waals surface area contributed by atoms with Gasteiger partial charge in [-0.15, -0.1) is 0 Å². The summed E-state index contributed by atoms with van der Waals surface area (Å²) in [5.41, 5.74) is 0.733. The molecule has 0 saturated carbocycles. The van der Waals surface area contributed by atoms with Crippen molar-refractivity contribution in [3.8, 4) is 0 Å². The van der Waals surface area contributed by atoms with Gasteiger partial charge >= 0.3 is 5.69 Å². The topological polar surface area (TPSA) is 97.3 Å². The molecule has 2 aromatic heterocycles. The number of β-amino-alcohol motifs (C(OH)–C–C–N with tert-alkyl or cyclic N) is 1. The minimum Gasteiger partial charge on any atom is -0.443 e. The number of oxazole rings is 1. The van der Waals surface area contributed by atoms with Crippen molar-refractivity contribution in [1.82, 2.24) is 19.7 Å². The standard InChI is InChI=1S/C22H24FN5O3/c1-22(2,3)20-24-10-16(31-20)12-28-21(30)26-19(11-25-28)27-9-8-17(18(29)13-27)14-4-6-15(23)7-5-14/h4-8,10-11,18,29H,9,12-13H2,1-3H3. The van der Waals surface area contributed by atoms with Gasteiger partial charge in [-0.2, -0.15) is 10.1 Å². The zero-order valence-electron chi connectivity index (χ0n) is 17.6. The molecule has 1 atom stereocenters. The summed E-state index contributed by atoms with van der Waals surface area (Å²) in [5.74, 6) is 1.16. The number of hydrogen-bond donors (Lipinski definition) is 1. The van der Waals surface area contributed by atoms with Crippen molar-refractivity contribution in [3.05, 3.63) is 76.3 Å². The van der Waals surface area contributed by atoms with Crippen LogP contribution < -0.4 is 10.6 Å². The number of rotatable bonds is 4. The number of anilines is 1. The van der Waals surface area contributed by atoms with E-state index in [0.717, 1.165) is 11.1 Å². The molecule has 1 N–H and O–H groups in total. The molecule has 3 aromatic rings. The van der Waals surface area contributed by atoms with Gasteiger partial charge in [0.15, 0.2) is 11.7 Å². The van der Waals surface area contributed by atoms with Crippen LogP contribution in [0.15, 0.2) is 51.9 Å². The van der Waals surface area contributed by atoms with E-state index in [1.165, 1.54) is 23.0 Å². The van der Waals surface area contributed by atoms with Crippen LogP contribution >= 0.6 is 0 Å². The van der Waals surface area contributed by atoms with E-state index in [9.17, 15) is 14.3 Å². The van der Waals surface area contributed by atoms with E-state index in [1.54, 1.807) is 23.2 Å². The predicted molar refractivity (Wildman–Crippen MR) is 113 cm³/mol. The summed E-state index contributed by atoms with van der Waals surface area (Å²) in [5, 5.41) is 14.8. The molecule has 4 rings (SSSR count). The SMILES string of the molecule is CC(C)(C)c1ncc(Cn2ncc(N3CC=C(c4ccc(F)cc4)C(O)C3)nc2=O)o1. The third-order valence-electron chi connectivity index (χ3n) is 5.03. The predicted octanol–water partition coefficient (Wildman–Crippen LogP) is 2.38. The molecule has 0 saturated heterocycles. The monoisotopic (exact) mass is 425 g/mol. The Balaban J connectivity index is 1.49. The second-order valence-electron chi connectivity index (χ2n) is 8.52. The molecule has 8 nitrogen and oxygen atoms in total. The van der Waals surface area contributed by atoms with Gasteiger partial charge in [-0.3, -0.25) is 0 Å². The molecule has 162 valence electrons. The summed E-state index contributed by atoms with van der Waals surface area (Å²) in [4.78, 5) is 22.6. The lowest BCUT2D eigenvalue weighted by molar-refractivity contribution is 0.233. The van der Waals surface area contributed by atoms with Gasteiger partial charge in [0, 0.05) is 18.5 Å². The van der Waals surface area contributed by atoms with Crippen molar-refractivity contribution < 1.29 is 13.9 Å². The Morgan fingerprint density at radius 2 is 1.97 bits per heavy atom. The molecule has 1 unspecified atom stereocenters. The number of halogens is 1. The zero-order valence-corrected chi connectivity index (χ0v) is 17.6.